The Balaban J connectivity index is 1.56. The molecule has 122 valence electrons. The molecular formula is C17H21N3O3. The number of hydrogen-bond donors (Lipinski definition) is 1. The average molecular weight is 315 g/mol. The number of aryl methyl sites for hydroxylation is 1. The molecule has 6 heteroatoms. The van der Waals surface area contributed by atoms with Gasteiger partial charge in [0.05, 0.1) is 24.9 Å². The number of benzene rings is 1. The molecule has 1 atom stereocenters. The summed E-state index contributed by atoms with van der Waals surface area (Å²) in [6, 6.07) is 9.87. The molecule has 1 aromatic heterocycles. The van der Waals surface area contributed by atoms with Crippen LogP contribution in [0.1, 0.15) is 17.9 Å². The van der Waals surface area contributed by atoms with Gasteiger partial charge in [-0.1, -0.05) is 17.3 Å². The molecule has 0 bridgehead atoms. The molecule has 0 saturated carbocycles. The van der Waals surface area contributed by atoms with Crippen LogP contribution in [0.25, 0.3) is 0 Å². The first-order valence-corrected chi connectivity index (χ1v) is 7.75. The van der Waals surface area contributed by atoms with Crippen LogP contribution in [0.5, 0.6) is 5.75 Å². The maximum absolute atomic E-state index is 12.1. The van der Waals surface area contributed by atoms with Crippen LogP contribution in [0.3, 0.4) is 0 Å². The third-order valence-electron chi connectivity index (χ3n) is 4.00. The number of aromatic nitrogens is 1. The van der Waals surface area contributed by atoms with E-state index >= 15 is 0 Å². The second-order valence-corrected chi connectivity index (χ2v) is 5.78. The Labute approximate surface area is 135 Å². The van der Waals surface area contributed by atoms with E-state index in [0.717, 1.165) is 36.7 Å². The van der Waals surface area contributed by atoms with Crippen molar-refractivity contribution >= 4 is 11.6 Å². The van der Waals surface area contributed by atoms with E-state index in [1.807, 2.05) is 31.2 Å². The van der Waals surface area contributed by atoms with Gasteiger partial charge >= 0.3 is 0 Å². The van der Waals surface area contributed by atoms with Crippen LogP contribution in [0.15, 0.2) is 34.9 Å². The predicted molar refractivity (Wildman–Crippen MR) is 86.7 cm³/mol. The number of para-hydroxylation sites is 2. The highest BCUT2D eigenvalue weighted by molar-refractivity contribution is 5.78. The Morgan fingerprint density at radius 3 is 3.04 bits per heavy atom. The van der Waals surface area contributed by atoms with E-state index in [4.69, 9.17) is 9.26 Å². The Kier molecular flexibility index (Phi) is 4.50. The minimum absolute atomic E-state index is 0.0230. The standard InChI is InChI=1S/C17H21N3O3/c1-12-9-14(19-23-12)10-17(21)18-13-7-8-20(11-13)15-5-3-4-6-16(15)22-2/h3-6,9,13H,7-8,10-11H2,1-2H3,(H,18,21). The van der Waals surface area contributed by atoms with Crippen LogP contribution in [0.2, 0.25) is 0 Å². The number of hydrogen-bond acceptors (Lipinski definition) is 5. The molecule has 2 heterocycles. The number of carbonyl (C=O) groups excluding carboxylic acids is 1. The number of amides is 1. The predicted octanol–water partition coefficient (Wildman–Crippen LogP) is 1.93. The molecule has 0 radical (unpaired) electrons. The first-order chi connectivity index (χ1) is 11.2. The lowest BCUT2D eigenvalue weighted by Gasteiger charge is -2.21. The summed E-state index contributed by atoms with van der Waals surface area (Å²) >= 11 is 0. The fourth-order valence-electron chi connectivity index (χ4n) is 2.93. The van der Waals surface area contributed by atoms with Gasteiger partial charge < -0.3 is 19.5 Å². The molecule has 1 amide bonds. The second kappa shape index (κ2) is 6.73. The zero-order valence-electron chi connectivity index (χ0n) is 13.4. The topological polar surface area (TPSA) is 67.6 Å². The average Bonchev–Trinajstić information content (AvgIpc) is 3.16. The maximum atomic E-state index is 12.1. The first kappa shape index (κ1) is 15.4. The quantitative estimate of drug-likeness (QED) is 0.913. The summed E-state index contributed by atoms with van der Waals surface area (Å²) in [4.78, 5) is 14.3. The van der Waals surface area contributed by atoms with Gasteiger partial charge in [0.1, 0.15) is 11.5 Å². The van der Waals surface area contributed by atoms with Crippen LogP contribution in [-0.4, -0.2) is 37.3 Å². The zero-order chi connectivity index (χ0) is 16.2. The number of rotatable bonds is 5. The van der Waals surface area contributed by atoms with Crippen LogP contribution in [-0.2, 0) is 11.2 Å². The molecule has 1 aliphatic rings. The van der Waals surface area contributed by atoms with Crippen molar-refractivity contribution in [2.75, 3.05) is 25.1 Å². The molecular weight excluding hydrogens is 294 g/mol. The Hall–Kier alpha value is -2.50. The summed E-state index contributed by atoms with van der Waals surface area (Å²) in [5.74, 6) is 1.55. The largest absolute Gasteiger partial charge is 0.495 e. The SMILES string of the molecule is COc1ccccc1N1CCC(NC(=O)Cc2cc(C)on2)C1. The Morgan fingerprint density at radius 2 is 2.30 bits per heavy atom. The highest BCUT2D eigenvalue weighted by Gasteiger charge is 2.25. The number of ether oxygens (including phenoxy) is 1. The third kappa shape index (κ3) is 3.64. The van der Waals surface area contributed by atoms with Crippen LogP contribution >= 0.6 is 0 Å². The molecule has 0 aliphatic carbocycles. The molecule has 1 saturated heterocycles. The molecule has 3 rings (SSSR count). The smallest absolute Gasteiger partial charge is 0.226 e. The Bertz CT molecular complexity index is 683. The molecule has 1 unspecified atom stereocenters. The summed E-state index contributed by atoms with van der Waals surface area (Å²) in [6.07, 6.45) is 1.17. The molecule has 6 nitrogen and oxygen atoms in total. The third-order valence-corrected chi connectivity index (χ3v) is 4.00. The minimum atomic E-state index is -0.0230. The van der Waals surface area contributed by atoms with Crippen LogP contribution in [0, 0.1) is 6.92 Å². The van der Waals surface area contributed by atoms with Gasteiger partial charge in [-0.15, -0.1) is 0 Å². The number of carbonyl (C=O) groups is 1. The van der Waals surface area contributed by atoms with Crippen molar-refractivity contribution in [3.8, 4) is 5.75 Å². The van der Waals surface area contributed by atoms with Gasteiger partial charge in [0.25, 0.3) is 0 Å². The number of nitrogens with one attached hydrogen (secondary N) is 1. The van der Waals surface area contributed by atoms with E-state index in [2.05, 4.69) is 15.4 Å². The molecule has 2 aromatic rings. The molecule has 1 aromatic carbocycles. The first-order valence-electron chi connectivity index (χ1n) is 7.75. The summed E-state index contributed by atoms with van der Waals surface area (Å²) in [6.45, 7) is 3.49. The van der Waals surface area contributed by atoms with Crippen molar-refractivity contribution in [3.05, 3.63) is 41.8 Å². The van der Waals surface area contributed by atoms with Gasteiger partial charge in [0, 0.05) is 25.2 Å². The highest BCUT2D eigenvalue weighted by Crippen LogP contribution is 2.30. The van der Waals surface area contributed by atoms with E-state index in [9.17, 15) is 4.79 Å². The van der Waals surface area contributed by atoms with E-state index in [1.165, 1.54) is 0 Å². The van der Waals surface area contributed by atoms with Gasteiger partial charge in [0.15, 0.2) is 0 Å². The van der Waals surface area contributed by atoms with Gasteiger partial charge in [0.2, 0.25) is 5.91 Å². The van der Waals surface area contributed by atoms with E-state index < -0.39 is 0 Å². The molecule has 1 aliphatic heterocycles. The molecule has 23 heavy (non-hydrogen) atoms. The number of methoxy groups -OCH3 is 1. The van der Waals surface area contributed by atoms with E-state index in [0.29, 0.717) is 5.69 Å². The highest BCUT2D eigenvalue weighted by atomic mass is 16.5. The molecule has 1 fully saturated rings. The number of nitrogens with zero attached hydrogens (tertiary/aromatic N) is 2. The van der Waals surface area contributed by atoms with E-state index in [-0.39, 0.29) is 18.4 Å². The zero-order valence-corrected chi connectivity index (χ0v) is 13.4. The minimum Gasteiger partial charge on any atom is -0.495 e. The van der Waals surface area contributed by atoms with Crippen molar-refractivity contribution in [1.82, 2.24) is 10.5 Å². The fraction of sp³-hybridized carbons (Fsp3) is 0.412. The van der Waals surface area contributed by atoms with Crippen LogP contribution in [0.4, 0.5) is 5.69 Å². The summed E-state index contributed by atoms with van der Waals surface area (Å²) < 4.78 is 10.4. The lowest BCUT2D eigenvalue weighted by Crippen LogP contribution is -2.38. The fourth-order valence-corrected chi connectivity index (χ4v) is 2.93. The van der Waals surface area contributed by atoms with Crippen LogP contribution < -0.4 is 15.0 Å². The number of anilines is 1. The van der Waals surface area contributed by atoms with Crippen molar-refractivity contribution in [2.24, 2.45) is 0 Å². The summed E-state index contributed by atoms with van der Waals surface area (Å²) in [5, 5.41) is 6.92. The van der Waals surface area contributed by atoms with Gasteiger partial charge in [-0.25, -0.2) is 0 Å². The van der Waals surface area contributed by atoms with Crippen molar-refractivity contribution in [1.29, 1.82) is 0 Å². The molecule has 1 N–H and O–H groups in total. The molecule has 0 spiro atoms. The van der Waals surface area contributed by atoms with Crippen molar-refractivity contribution < 1.29 is 14.1 Å². The summed E-state index contributed by atoms with van der Waals surface area (Å²) in [5.41, 5.74) is 1.73. The normalized spacial score (nSPS) is 17.3. The monoisotopic (exact) mass is 315 g/mol. The van der Waals surface area contributed by atoms with Crippen molar-refractivity contribution in [2.45, 2.75) is 25.8 Å². The van der Waals surface area contributed by atoms with Gasteiger partial charge in [-0.05, 0) is 25.5 Å². The van der Waals surface area contributed by atoms with Crippen molar-refractivity contribution in [3.63, 3.8) is 0 Å². The maximum Gasteiger partial charge on any atom is 0.226 e. The van der Waals surface area contributed by atoms with E-state index in [1.54, 1.807) is 13.2 Å². The van der Waals surface area contributed by atoms with Gasteiger partial charge in [-0.3, -0.25) is 4.79 Å². The Morgan fingerprint density at radius 1 is 1.48 bits per heavy atom. The lowest BCUT2D eigenvalue weighted by molar-refractivity contribution is -0.121. The van der Waals surface area contributed by atoms with Gasteiger partial charge in [-0.2, -0.15) is 0 Å². The second-order valence-electron chi connectivity index (χ2n) is 5.78. The summed E-state index contributed by atoms with van der Waals surface area (Å²) in [7, 11) is 1.67. The lowest BCUT2D eigenvalue weighted by atomic mass is 10.2.